The first kappa shape index (κ1) is 17.6. The van der Waals surface area contributed by atoms with E-state index in [0.29, 0.717) is 43.6 Å². The number of halogens is 1. The van der Waals surface area contributed by atoms with Gasteiger partial charge in [-0.15, -0.1) is 0 Å². The fourth-order valence-electron chi connectivity index (χ4n) is 3.82. The van der Waals surface area contributed by atoms with Crippen molar-refractivity contribution in [3.63, 3.8) is 0 Å². The molecule has 1 saturated heterocycles. The molecule has 1 aliphatic heterocycles. The molecule has 26 heavy (non-hydrogen) atoms. The molecule has 140 valence electrons. The van der Waals surface area contributed by atoms with Crippen LogP contribution in [0.4, 0.5) is 4.39 Å². The van der Waals surface area contributed by atoms with E-state index in [9.17, 15) is 12.8 Å². The van der Waals surface area contributed by atoms with Crippen molar-refractivity contribution in [3.05, 3.63) is 41.8 Å². The van der Waals surface area contributed by atoms with Gasteiger partial charge in [0.25, 0.3) is 0 Å². The van der Waals surface area contributed by atoms with Crippen LogP contribution in [0.15, 0.2) is 33.7 Å². The van der Waals surface area contributed by atoms with Crippen LogP contribution in [-0.4, -0.2) is 36.0 Å². The summed E-state index contributed by atoms with van der Waals surface area (Å²) in [6.07, 6.45) is 4.76. The highest BCUT2D eigenvalue weighted by molar-refractivity contribution is 7.89. The number of aryl methyl sites for hydroxylation is 1. The zero-order valence-electron chi connectivity index (χ0n) is 14.7. The van der Waals surface area contributed by atoms with Crippen molar-refractivity contribution < 1.29 is 17.3 Å². The lowest BCUT2D eigenvalue weighted by Crippen LogP contribution is -2.46. The summed E-state index contributed by atoms with van der Waals surface area (Å²) >= 11 is 0. The Morgan fingerprint density at radius 1 is 1.23 bits per heavy atom. The SMILES string of the molecule is Cc1nc(C2(CC3CC3)CCN(S(=O)(=O)c3ccc(F)cc3)CC2)no1. The minimum absolute atomic E-state index is 0.129. The average Bonchev–Trinajstić information content (AvgIpc) is 3.32. The summed E-state index contributed by atoms with van der Waals surface area (Å²) in [6, 6.07) is 4.99. The number of hydrogen-bond acceptors (Lipinski definition) is 5. The molecule has 8 heteroatoms. The van der Waals surface area contributed by atoms with Gasteiger partial charge in [0.1, 0.15) is 5.82 Å². The lowest BCUT2D eigenvalue weighted by atomic mass is 9.74. The molecule has 0 atom stereocenters. The molecule has 2 heterocycles. The Hall–Kier alpha value is -1.80. The number of sulfonamides is 1. The third-order valence-electron chi connectivity index (χ3n) is 5.51. The summed E-state index contributed by atoms with van der Waals surface area (Å²) in [5.41, 5.74) is -0.215. The topological polar surface area (TPSA) is 76.3 Å². The Bertz CT molecular complexity index is 883. The molecule has 0 amide bonds. The van der Waals surface area contributed by atoms with Gasteiger partial charge in [-0.2, -0.15) is 9.29 Å². The summed E-state index contributed by atoms with van der Waals surface area (Å²) in [5.74, 6) is 1.48. The third-order valence-corrected chi connectivity index (χ3v) is 7.42. The van der Waals surface area contributed by atoms with Gasteiger partial charge >= 0.3 is 0 Å². The molecule has 4 rings (SSSR count). The van der Waals surface area contributed by atoms with E-state index in [-0.39, 0.29) is 10.3 Å². The Balaban J connectivity index is 1.55. The van der Waals surface area contributed by atoms with Gasteiger partial charge in [0.15, 0.2) is 5.82 Å². The molecule has 2 aliphatic rings. The van der Waals surface area contributed by atoms with Crippen molar-refractivity contribution in [2.24, 2.45) is 5.92 Å². The van der Waals surface area contributed by atoms with Crippen molar-refractivity contribution in [1.82, 2.24) is 14.4 Å². The first-order valence-corrected chi connectivity index (χ1v) is 10.4. The van der Waals surface area contributed by atoms with Crippen LogP contribution in [0.5, 0.6) is 0 Å². The molecule has 0 bridgehead atoms. The Kier molecular flexibility index (Phi) is 4.35. The van der Waals surface area contributed by atoms with Crippen molar-refractivity contribution in [1.29, 1.82) is 0 Å². The summed E-state index contributed by atoms with van der Waals surface area (Å²) < 4.78 is 45.5. The standard InChI is InChI=1S/C18H22FN3O3S/c1-13-20-17(21-25-13)18(12-14-2-3-14)8-10-22(11-9-18)26(23,24)16-6-4-15(19)5-7-16/h4-7,14H,2-3,8-12H2,1H3. The fraction of sp³-hybridized carbons (Fsp3) is 0.556. The predicted molar refractivity (Wildman–Crippen MR) is 92.4 cm³/mol. The average molecular weight is 379 g/mol. The smallest absolute Gasteiger partial charge is 0.243 e. The number of rotatable bonds is 5. The van der Waals surface area contributed by atoms with Crippen molar-refractivity contribution >= 4 is 10.0 Å². The summed E-state index contributed by atoms with van der Waals surface area (Å²) in [5, 5.41) is 4.15. The quantitative estimate of drug-likeness (QED) is 0.798. The molecule has 1 aromatic carbocycles. The van der Waals surface area contributed by atoms with Crippen molar-refractivity contribution in [3.8, 4) is 0 Å². The maximum absolute atomic E-state index is 13.1. The number of aromatic nitrogens is 2. The van der Waals surface area contributed by atoms with E-state index in [2.05, 4.69) is 10.1 Å². The second-order valence-corrected chi connectivity index (χ2v) is 9.36. The molecule has 0 N–H and O–H groups in total. The van der Waals surface area contributed by atoms with E-state index in [1.807, 2.05) is 0 Å². The van der Waals surface area contributed by atoms with Gasteiger partial charge in [0, 0.05) is 25.4 Å². The highest BCUT2D eigenvalue weighted by atomic mass is 32.2. The summed E-state index contributed by atoms with van der Waals surface area (Å²) in [7, 11) is -3.62. The zero-order chi connectivity index (χ0) is 18.4. The largest absolute Gasteiger partial charge is 0.340 e. The minimum Gasteiger partial charge on any atom is -0.340 e. The molecule has 0 spiro atoms. The second-order valence-electron chi connectivity index (χ2n) is 7.42. The van der Waals surface area contributed by atoms with Crippen LogP contribution in [0.3, 0.4) is 0 Å². The van der Waals surface area contributed by atoms with Crippen LogP contribution in [-0.2, 0) is 15.4 Å². The maximum atomic E-state index is 13.1. The van der Waals surface area contributed by atoms with E-state index >= 15 is 0 Å². The fourth-order valence-corrected chi connectivity index (χ4v) is 5.26. The molecule has 6 nitrogen and oxygen atoms in total. The lowest BCUT2D eigenvalue weighted by Gasteiger charge is -2.39. The van der Waals surface area contributed by atoms with Crippen molar-refractivity contribution in [2.75, 3.05) is 13.1 Å². The van der Waals surface area contributed by atoms with E-state index in [4.69, 9.17) is 4.52 Å². The van der Waals surface area contributed by atoms with E-state index < -0.39 is 15.8 Å². The number of piperidine rings is 1. The van der Waals surface area contributed by atoms with Crippen LogP contribution >= 0.6 is 0 Å². The Labute approximate surface area is 152 Å². The number of hydrogen-bond donors (Lipinski definition) is 0. The molecule has 2 aromatic rings. The van der Waals surface area contributed by atoms with Crippen LogP contribution in [0.1, 0.15) is 43.8 Å². The highest BCUT2D eigenvalue weighted by Gasteiger charge is 2.45. The van der Waals surface area contributed by atoms with Crippen molar-refractivity contribution in [2.45, 2.75) is 49.3 Å². The van der Waals surface area contributed by atoms with Gasteiger partial charge in [-0.05, 0) is 49.4 Å². The first-order valence-electron chi connectivity index (χ1n) is 8.96. The van der Waals surface area contributed by atoms with Gasteiger partial charge in [-0.3, -0.25) is 0 Å². The third kappa shape index (κ3) is 3.27. The van der Waals surface area contributed by atoms with E-state index in [1.165, 1.54) is 41.4 Å². The molecule has 0 unspecified atom stereocenters. The van der Waals surface area contributed by atoms with Gasteiger partial charge in [-0.25, -0.2) is 12.8 Å². The summed E-state index contributed by atoms with van der Waals surface area (Å²) in [4.78, 5) is 4.58. The van der Waals surface area contributed by atoms with Crippen LogP contribution in [0, 0.1) is 18.7 Å². The van der Waals surface area contributed by atoms with Gasteiger partial charge < -0.3 is 4.52 Å². The number of benzene rings is 1. The first-order chi connectivity index (χ1) is 12.4. The number of nitrogens with zero attached hydrogens (tertiary/aromatic N) is 3. The minimum atomic E-state index is -3.62. The lowest BCUT2D eigenvalue weighted by molar-refractivity contribution is 0.198. The van der Waals surface area contributed by atoms with E-state index in [1.54, 1.807) is 6.92 Å². The normalized spacial score (nSPS) is 21.0. The van der Waals surface area contributed by atoms with E-state index in [0.717, 1.165) is 6.42 Å². The zero-order valence-corrected chi connectivity index (χ0v) is 15.5. The highest BCUT2D eigenvalue weighted by Crippen LogP contribution is 2.47. The Morgan fingerprint density at radius 3 is 2.42 bits per heavy atom. The molecule has 2 fully saturated rings. The van der Waals surface area contributed by atoms with Gasteiger partial charge in [0.2, 0.25) is 15.9 Å². The van der Waals surface area contributed by atoms with Crippen LogP contribution in [0.2, 0.25) is 0 Å². The van der Waals surface area contributed by atoms with Crippen LogP contribution < -0.4 is 0 Å². The van der Waals surface area contributed by atoms with Gasteiger partial charge in [0.05, 0.1) is 4.90 Å². The second kappa shape index (κ2) is 6.42. The maximum Gasteiger partial charge on any atom is 0.243 e. The van der Waals surface area contributed by atoms with Crippen LogP contribution in [0.25, 0.3) is 0 Å². The molecule has 1 aromatic heterocycles. The predicted octanol–water partition coefficient (Wildman–Crippen LogP) is 3.04. The Morgan fingerprint density at radius 2 is 1.88 bits per heavy atom. The molecule has 1 saturated carbocycles. The molecular formula is C18H22FN3O3S. The molecular weight excluding hydrogens is 357 g/mol. The monoisotopic (exact) mass is 379 g/mol. The summed E-state index contributed by atoms with van der Waals surface area (Å²) in [6.45, 7) is 2.58. The molecule has 0 radical (unpaired) electrons. The van der Waals surface area contributed by atoms with Gasteiger partial charge in [-0.1, -0.05) is 18.0 Å². The molecule has 1 aliphatic carbocycles.